The monoisotopic (exact) mass is 227 g/mol. The van der Waals surface area contributed by atoms with E-state index in [1.165, 1.54) is 6.20 Å². The maximum absolute atomic E-state index is 11.5. The van der Waals surface area contributed by atoms with E-state index in [4.69, 9.17) is 15.2 Å². The Bertz CT molecular complexity index is 372. The molecule has 0 bridgehead atoms. The van der Waals surface area contributed by atoms with Crippen molar-refractivity contribution in [3.63, 3.8) is 0 Å². The third-order valence-corrected chi connectivity index (χ3v) is 1.98. The zero-order chi connectivity index (χ0) is 12.0. The van der Waals surface area contributed by atoms with Crippen molar-refractivity contribution in [2.45, 2.75) is 26.6 Å². The Kier molecular flexibility index (Phi) is 4.94. The van der Waals surface area contributed by atoms with Crippen molar-refractivity contribution in [1.29, 1.82) is 0 Å². The number of nitrogens with zero attached hydrogens (tertiary/aromatic N) is 1. The third kappa shape index (κ3) is 3.63. The second-order valence-corrected chi connectivity index (χ2v) is 3.17. The molecule has 3 N–H and O–H groups in total. The fourth-order valence-electron chi connectivity index (χ4n) is 1.30. The molecule has 0 spiro atoms. The van der Waals surface area contributed by atoms with Crippen LogP contribution in [0.1, 0.15) is 19.4 Å². The maximum Gasteiger partial charge on any atom is 0.255 e. The summed E-state index contributed by atoms with van der Waals surface area (Å²) >= 11 is 0. The molecule has 0 fully saturated rings. The van der Waals surface area contributed by atoms with E-state index in [0.29, 0.717) is 25.2 Å². The van der Waals surface area contributed by atoms with E-state index in [9.17, 15) is 4.79 Å². The van der Waals surface area contributed by atoms with Gasteiger partial charge < -0.3 is 15.2 Å². The highest BCUT2D eigenvalue weighted by Crippen LogP contribution is 2.03. The molecular formula is C10H17N3O3. The van der Waals surface area contributed by atoms with E-state index in [1.807, 2.05) is 13.8 Å². The molecule has 1 aromatic heterocycles. The zero-order valence-corrected chi connectivity index (χ0v) is 9.53. The van der Waals surface area contributed by atoms with Gasteiger partial charge in [-0.2, -0.15) is 0 Å². The summed E-state index contributed by atoms with van der Waals surface area (Å²) < 4.78 is 10.7. The molecule has 0 saturated carbocycles. The first kappa shape index (κ1) is 12.7. The normalized spacial score (nSPS) is 10.9. The lowest BCUT2D eigenvalue weighted by Gasteiger charge is -2.16. The van der Waals surface area contributed by atoms with E-state index in [0.717, 1.165) is 0 Å². The van der Waals surface area contributed by atoms with E-state index in [-0.39, 0.29) is 11.5 Å². The molecule has 0 aromatic carbocycles. The highest BCUT2D eigenvalue weighted by Gasteiger charge is 2.12. The van der Waals surface area contributed by atoms with E-state index in [1.54, 1.807) is 0 Å². The smallest absolute Gasteiger partial charge is 0.255 e. The van der Waals surface area contributed by atoms with Crippen LogP contribution in [0, 0.1) is 0 Å². The Hall–Kier alpha value is -1.40. The molecule has 1 aromatic rings. The predicted molar refractivity (Wildman–Crippen MR) is 60.0 cm³/mol. The van der Waals surface area contributed by atoms with Crippen LogP contribution in [0.3, 0.4) is 0 Å². The van der Waals surface area contributed by atoms with Gasteiger partial charge in [-0.25, -0.2) is 4.98 Å². The summed E-state index contributed by atoms with van der Waals surface area (Å²) in [5.74, 6) is 0.109. The molecule has 16 heavy (non-hydrogen) atoms. The topological polar surface area (TPSA) is 90.2 Å². The van der Waals surface area contributed by atoms with Crippen LogP contribution in [-0.4, -0.2) is 29.5 Å². The molecule has 90 valence electrons. The molecule has 6 nitrogen and oxygen atoms in total. The van der Waals surface area contributed by atoms with Gasteiger partial charge in [0.05, 0.1) is 0 Å². The molecule has 0 radical (unpaired) electrons. The average molecular weight is 227 g/mol. The van der Waals surface area contributed by atoms with Crippen LogP contribution in [0.2, 0.25) is 0 Å². The summed E-state index contributed by atoms with van der Waals surface area (Å²) in [6.07, 6.45) is 1.39. The van der Waals surface area contributed by atoms with Gasteiger partial charge in [-0.3, -0.25) is 9.78 Å². The molecule has 0 aliphatic rings. The number of hydrogen-bond donors (Lipinski definition) is 2. The second kappa shape index (κ2) is 6.24. The summed E-state index contributed by atoms with van der Waals surface area (Å²) in [7, 11) is 0. The summed E-state index contributed by atoms with van der Waals surface area (Å²) in [5, 5.41) is 0. The standard InChI is InChI=1S/C10H17N3O3/c1-3-15-8(16-4-2)5-7-6-12-10(11)13-9(7)14/h6,8H,3-5H2,1-2H3,(H3,11,12,13,14). The Labute approximate surface area is 93.8 Å². The lowest BCUT2D eigenvalue weighted by molar-refractivity contribution is -0.134. The largest absolute Gasteiger partial charge is 0.369 e. The second-order valence-electron chi connectivity index (χ2n) is 3.17. The Morgan fingerprint density at radius 3 is 2.56 bits per heavy atom. The Morgan fingerprint density at radius 1 is 1.44 bits per heavy atom. The molecule has 0 aliphatic carbocycles. The summed E-state index contributed by atoms with van der Waals surface area (Å²) in [4.78, 5) is 17.8. The molecule has 0 amide bonds. The van der Waals surface area contributed by atoms with Crippen LogP contribution in [-0.2, 0) is 15.9 Å². The van der Waals surface area contributed by atoms with Crippen LogP contribution < -0.4 is 11.3 Å². The van der Waals surface area contributed by atoms with Crippen molar-refractivity contribution in [3.05, 3.63) is 22.1 Å². The van der Waals surface area contributed by atoms with Crippen LogP contribution in [0.5, 0.6) is 0 Å². The van der Waals surface area contributed by atoms with Gasteiger partial charge in [0.25, 0.3) is 5.56 Å². The number of rotatable bonds is 6. The molecular weight excluding hydrogens is 210 g/mol. The highest BCUT2D eigenvalue weighted by molar-refractivity contribution is 5.17. The number of aromatic amines is 1. The minimum atomic E-state index is -0.415. The first-order valence-electron chi connectivity index (χ1n) is 5.24. The minimum Gasteiger partial charge on any atom is -0.369 e. The average Bonchev–Trinajstić information content (AvgIpc) is 2.23. The highest BCUT2D eigenvalue weighted by atomic mass is 16.7. The molecule has 1 rings (SSSR count). The van der Waals surface area contributed by atoms with Crippen molar-refractivity contribution in [2.24, 2.45) is 0 Å². The number of nitrogen functional groups attached to an aromatic ring is 1. The van der Waals surface area contributed by atoms with Crippen molar-refractivity contribution >= 4 is 5.95 Å². The van der Waals surface area contributed by atoms with Gasteiger partial charge in [0.2, 0.25) is 0 Å². The lowest BCUT2D eigenvalue weighted by Crippen LogP contribution is -2.25. The fourth-order valence-corrected chi connectivity index (χ4v) is 1.30. The molecule has 0 atom stereocenters. The molecule has 0 unspecified atom stereocenters. The summed E-state index contributed by atoms with van der Waals surface area (Å²) in [5.41, 5.74) is 5.59. The van der Waals surface area contributed by atoms with E-state index >= 15 is 0 Å². The SMILES string of the molecule is CCOC(Cc1cnc(N)[nH]c1=O)OCC. The van der Waals surface area contributed by atoms with Crippen molar-refractivity contribution in [2.75, 3.05) is 18.9 Å². The number of hydrogen-bond acceptors (Lipinski definition) is 5. The molecule has 6 heteroatoms. The third-order valence-electron chi connectivity index (χ3n) is 1.98. The quantitative estimate of drug-likeness (QED) is 0.682. The van der Waals surface area contributed by atoms with Gasteiger partial charge in [-0.15, -0.1) is 0 Å². The van der Waals surface area contributed by atoms with Gasteiger partial charge in [-0.1, -0.05) is 0 Å². The first-order chi connectivity index (χ1) is 7.67. The van der Waals surface area contributed by atoms with Gasteiger partial charge in [0.15, 0.2) is 12.2 Å². The lowest BCUT2D eigenvalue weighted by atomic mass is 10.2. The molecule has 1 heterocycles. The van der Waals surface area contributed by atoms with Crippen molar-refractivity contribution in [3.8, 4) is 0 Å². The maximum atomic E-state index is 11.5. The van der Waals surface area contributed by atoms with E-state index in [2.05, 4.69) is 9.97 Å². The summed E-state index contributed by atoms with van der Waals surface area (Å²) in [6.45, 7) is 4.81. The van der Waals surface area contributed by atoms with Gasteiger partial charge >= 0.3 is 0 Å². The van der Waals surface area contributed by atoms with Gasteiger partial charge in [0, 0.05) is 31.4 Å². The van der Waals surface area contributed by atoms with Crippen LogP contribution in [0.25, 0.3) is 0 Å². The Balaban J connectivity index is 2.72. The van der Waals surface area contributed by atoms with E-state index < -0.39 is 6.29 Å². The number of aromatic nitrogens is 2. The summed E-state index contributed by atoms with van der Waals surface area (Å²) in [6, 6.07) is 0. The Morgan fingerprint density at radius 2 is 2.06 bits per heavy atom. The number of nitrogens with two attached hydrogens (primary N) is 1. The predicted octanol–water partition coefficient (Wildman–Crippen LogP) is 0.294. The molecule has 0 aliphatic heterocycles. The number of H-pyrrole nitrogens is 1. The minimum absolute atomic E-state index is 0.109. The van der Waals surface area contributed by atoms with Crippen LogP contribution in [0.4, 0.5) is 5.95 Å². The number of nitrogens with one attached hydrogen (secondary N) is 1. The van der Waals surface area contributed by atoms with Crippen molar-refractivity contribution < 1.29 is 9.47 Å². The molecule has 0 saturated heterocycles. The zero-order valence-electron chi connectivity index (χ0n) is 9.53. The fraction of sp³-hybridized carbons (Fsp3) is 0.600. The number of ether oxygens (including phenoxy) is 2. The van der Waals surface area contributed by atoms with Crippen LogP contribution >= 0.6 is 0 Å². The van der Waals surface area contributed by atoms with Crippen LogP contribution in [0.15, 0.2) is 11.0 Å². The van der Waals surface area contributed by atoms with Gasteiger partial charge in [0.1, 0.15) is 0 Å². The first-order valence-corrected chi connectivity index (χ1v) is 5.24. The van der Waals surface area contributed by atoms with Gasteiger partial charge in [-0.05, 0) is 13.8 Å². The van der Waals surface area contributed by atoms with Crippen molar-refractivity contribution in [1.82, 2.24) is 9.97 Å². The number of anilines is 1.